The summed E-state index contributed by atoms with van der Waals surface area (Å²) in [6.07, 6.45) is 4.90. The maximum atomic E-state index is 5.24. The Bertz CT molecular complexity index is 429. The lowest BCUT2D eigenvalue weighted by Crippen LogP contribution is -2.33. The van der Waals surface area contributed by atoms with Crippen LogP contribution >= 0.6 is 11.3 Å². The molecule has 21 heavy (non-hydrogen) atoms. The van der Waals surface area contributed by atoms with Crippen molar-refractivity contribution >= 4 is 16.5 Å². The van der Waals surface area contributed by atoms with Gasteiger partial charge in [-0.05, 0) is 33.1 Å². The molecule has 0 atom stereocenters. The number of hydrogen-bond donors (Lipinski definition) is 1. The summed E-state index contributed by atoms with van der Waals surface area (Å²) in [5, 5.41) is 4.77. The van der Waals surface area contributed by atoms with Crippen LogP contribution < -0.4 is 10.2 Å². The van der Waals surface area contributed by atoms with Gasteiger partial charge in [0.05, 0.1) is 12.3 Å². The molecule has 0 radical (unpaired) electrons. The predicted octanol–water partition coefficient (Wildman–Crippen LogP) is 3.21. The Labute approximate surface area is 132 Å². The van der Waals surface area contributed by atoms with Gasteiger partial charge in [0.1, 0.15) is 0 Å². The maximum absolute atomic E-state index is 5.24. The van der Waals surface area contributed by atoms with E-state index in [0.29, 0.717) is 6.04 Å². The predicted molar refractivity (Wildman–Crippen MR) is 90.3 cm³/mol. The van der Waals surface area contributed by atoms with E-state index in [1.54, 1.807) is 7.11 Å². The van der Waals surface area contributed by atoms with Gasteiger partial charge in [-0.2, -0.15) is 0 Å². The van der Waals surface area contributed by atoms with E-state index >= 15 is 0 Å². The van der Waals surface area contributed by atoms with E-state index < -0.39 is 0 Å². The molecule has 1 aliphatic rings. The number of hydrogen-bond acceptors (Lipinski definition) is 5. The first-order chi connectivity index (χ1) is 10.2. The molecule has 4 nitrogen and oxygen atoms in total. The highest BCUT2D eigenvalue weighted by atomic mass is 32.1. The molecule has 1 fully saturated rings. The molecule has 0 spiro atoms. The third kappa shape index (κ3) is 4.94. The van der Waals surface area contributed by atoms with Gasteiger partial charge in [-0.25, -0.2) is 4.98 Å². The summed E-state index contributed by atoms with van der Waals surface area (Å²) in [4.78, 5) is 8.70. The zero-order chi connectivity index (χ0) is 15.2. The van der Waals surface area contributed by atoms with Crippen LogP contribution in [0.2, 0.25) is 0 Å². The third-order valence-electron chi connectivity index (χ3n) is 3.79. The van der Waals surface area contributed by atoms with Gasteiger partial charge < -0.3 is 15.0 Å². The molecule has 1 heterocycles. The third-order valence-corrected chi connectivity index (χ3v) is 4.92. The van der Waals surface area contributed by atoms with Crippen molar-refractivity contribution in [3.8, 4) is 0 Å². The summed E-state index contributed by atoms with van der Waals surface area (Å²) in [5.74, 6) is 0. The Balaban J connectivity index is 2.10. The highest BCUT2D eigenvalue weighted by Gasteiger charge is 2.22. The van der Waals surface area contributed by atoms with E-state index in [-0.39, 0.29) is 0 Å². The van der Waals surface area contributed by atoms with Crippen molar-refractivity contribution in [1.29, 1.82) is 0 Å². The van der Waals surface area contributed by atoms with Gasteiger partial charge in [0.25, 0.3) is 0 Å². The van der Waals surface area contributed by atoms with E-state index in [1.807, 2.05) is 11.3 Å². The van der Waals surface area contributed by atoms with Crippen molar-refractivity contribution in [2.45, 2.75) is 65.1 Å². The lowest BCUT2D eigenvalue weighted by atomic mass is 10.2. The zero-order valence-corrected chi connectivity index (χ0v) is 14.6. The minimum absolute atomic E-state index is 0.449. The van der Waals surface area contributed by atoms with Crippen LogP contribution in [0.1, 0.15) is 50.6 Å². The summed E-state index contributed by atoms with van der Waals surface area (Å²) in [6, 6.07) is 1.20. The van der Waals surface area contributed by atoms with Crippen LogP contribution in [0.4, 0.5) is 5.13 Å². The number of methoxy groups -OCH3 is 1. The van der Waals surface area contributed by atoms with Gasteiger partial charge in [-0.3, -0.25) is 0 Å². The van der Waals surface area contributed by atoms with Crippen LogP contribution in [0.3, 0.4) is 0 Å². The number of thiazole rings is 1. The molecule has 1 N–H and O–H groups in total. The van der Waals surface area contributed by atoms with Crippen LogP contribution in [0.15, 0.2) is 0 Å². The fourth-order valence-electron chi connectivity index (χ4n) is 2.35. The minimum atomic E-state index is 0.449. The van der Waals surface area contributed by atoms with E-state index in [2.05, 4.69) is 31.0 Å². The Morgan fingerprint density at radius 3 is 2.76 bits per heavy atom. The lowest BCUT2D eigenvalue weighted by Gasteiger charge is -2.25. The molecule has 1 aliphatic carbocycles. The number of nitrogens with zero attached hydrogens (tertiary/aromatic N) is 2. The fraction of sp³-hybridized carbons (Fsp3) is 0.812. The number of nitrogens with one attached hydrogen (secondary N) is 1. The summed E-state index contributed by atoms with van der Waals surface area (Å²) < 4.78 is 5.24. The molecule has 0 saturated heterocycles. The normalized spacial score (nSPS) is 14.9. The van der Waals surface area contributed by atoms with Crippen LogP contribution in [-0.2, 0) is 17.7 Å². The van der Waals surface area contributed by atoms with Gasteiger partial charge in [0.15, 0.2) is 5.13 Å². The van der Waals surface area contributed by atoms with Crippen molar-refractivity contribution in [2.75, 3.05) is 25.2 Å². The number of aryl methyl sites for hydroxylation is 1. The summed E-state index contributed by atoms with van der Waals surface area (Å²) in [6.45, 7) is 9.30. The number of rotatable bonds is 10. The average Bonchev–Trinajstić information content (AvgIpc) is 3.19. The smallest absolute Gasteiger partial charge is 0.186 e. The number of aromatic nitrogens is 1. The largest absolute Gasteiger partial charge is 0.383 e. The molecular weight excluding hydrogens is 282 g/mol. The van der Waals surface area contributed by atoms with E-state index in [1.165, 1.54) is 23.4 Å². The second-order valence-electron chi connectivity index (χ2n) is 6.05. The average molecular weight is 311 g/mol. The van der Waals surface area contributed by atoms with Crippen molar-refractivity contribution in [1.82, 2.24) is 10.3 Å². The van der Waals surface area contributed by atoms with Gasteiger partial charge in [0.2, 0.25) is 0 Å². The summed E-state index contributed by atoms with van der Waals surface area (Å²) in [5.41, 5.74) is 1.29. The van der Waals surface area contributed by atoms with E-state index in [0.717, 1.165) is 43.7 Å². The molecule has 1 saturated carbocycles. The standard InChI is InChI=1S/C16H29N3OS/c1-5-6-14-15(11-17-13-7-8-13)21-16(18-14)19(12(2)3)9-10-20-4/h12-13,17H,5-11H2,1-4H3. The molecule has 0 unspecified atom stereocenters. The highest BCUT2D eigenvalue weighted by molar-refractivity contribution is 7.15. The molecule has 5 heteroatoms. The second kappa shape index (κ2) is 8.11. The molecule has 2 rings (SSSR count). The Morgan fingerprint density at radius 2 is 2.19 bits per heavy atom. The molecular formula is C16H29N3OS. The highest BCUT2D eigenvalue weighted by Crippen LogP contribution is 2.29. The molecule has 0 amide bonds. The van der Waals surface area contributed by atoms with Gasteiger partial charge in [-0.15, -0.1) is 11.3 Å². The number of anilines is 1. The van der Waals surface area contributed by atoms with Crippen LogP contribution in [0.5, 0.6) is 0 Å². The molecule has 0 bridgehead atoms. The topological polar surface area (TPSA) is 37.4 Å². The van der Waals surface area contributed by atoms with Gasteiger partial charge >= 0.3 is 0 Å². The van der Waals surface area contributed by atoms with E-state index in [9.17, 15) is 0 Å². The van der Waals surface area contributed by atoms with Gasteiger partial charge in [0, 0.05) is 37.2 Å². The lowest BCUT2D eigenvalue weighted by molar-refractivity contribution is 0.204. The fourth-order valence-corrected chi connectivity index (χ4v) is 3.57. The Kier molecular flexibility index (Phi) is 6.45. The molecule has 1 aromatic rings. The maximum Gasteiger partial charge on any atom is 0.186 e. The quantitative estimate of drug-likeness (QED) is 0.720. The first kappa shape index (κ1) is 16.7. The SMILES string of the molecule is CCCc1nc(N(CCOC)C(C)C)sc1CNC1CC1. The monoisotopic (exact) mass is 311 g/mol. The van der Waals surface area contributed by atoms with Crippen molar-refractivity contribution in [2.24, 2.45) is 0 Å². The molecule has 0 aliphatic heterocycles. The Hall–Kier alpha value is -0.650. The molecule has 120 valence electrons. The molecule has 1 aromatic heterocycles. The first-order valence-electron chi connectivity index (χ1n) is 8.13. The second-order valence-corrected chi connectivity index (χ2v) is 7.11. The van der Waals surface area contributed by atoms with Crippen molar-refractivity contribution < 1.29 is 4.74 Å². The van der Waals surface area contributed by atoms with Crippen molar-refractivity contribution in [3.63, 3.8) is 0 Å². The number of ether oxygens (including phenoxy) is 1. The van der Waals surface area contributed by atoms with E-state index in [4.69, 9.17) is 9.72 Å². The van der Waals surface area contributed by atoms with Gasteiger partial charge in [-0.1, -0.05) is 13.3 Å². The Morgan fingerprint density at radius 1 is 1.43 bits per heavy atom. The van der Waals surface area contributed by atoms with Crippen LogP contribution in [0, 0.1) is 0 Å². The minimum Gasteiger partial charge on any atom is -0.383 e. The first-order valence-corrected chi connectivity index (χ1v) is 8.94. The summed E-state index contributed by atoms with van der Waals surface area (Å²) in [7, 11) is 1.76. The summed E-state index contributed by atoms with van der Waals surface area (Å²) >= 11 is 1.85. The van der Waals surface area contributed by atoms with Crippen LogP contribution in [-0.4, -0.2) is 37.3 Å². The molecule has 0 aromatic carbocycles. The van der Waals surface area contributed by atoms with Crippen LogP contribution in [0.25, 0.3) is 0 Å². The van der Waals surface area contributed by atoms with Crippen molar-refractivity contribution in [3.05, 3.63) is 10.6 Å². The zero-order valence-electron chi connectivity index (χ0n) is 13.8.